The van der Waals surface area contributed by atoms with Crippen molar-refractivity contribution in [1.82, 2.24) is 0 Å². The lowest BCUT2D eigenvalue weighted by atomic mass is 10.0. The minimum absolute atomic E-state index is 0.0158. The molecule has 0 bridgehead atoms. The van der Waals surface area contributed by atoms with E-state index < -0.39 is 17.3 Å². The normalized spacial score (nSPS) is 27.7. The Balaban J connectivity index is 1.70. The molecule has 2 N–H and O–H groups in total. The van der Waals surface area contributed by atoms with Crippen LogP contribution in [0.5, 0.6) is 0 Å². The van der Waals surface area contributed by atoms with Gasteiger partial charge in [0.2, 0.25) is 5.91 Å². The zero-order valence-electron chi connectivity index (χ0n) is 10.2. The highest BCUT2D eigenvalue weighted by Gasteiger charge is 2.47. The molecule has 2 aliphatic rings. The number of rotatable bonds is 3. The van der Waals surface area contributed by atoms with Crippen LogP contribution >= 0.6 is 0 Å². The number of amides is 1. The lowest BCUT2D eigenvalue weighted by molar-refractivity contribution is -0.120. The van der Waals surface area contributed by atoms with Gasteiger partial charge in [-0.3, -0.25) is 4.79 Å². The largest absolute Gasteiger partial charge is 0.478 e. The van der Waals surface area contributed by atoms with E-state index in [0.29, 0.717) is 17.5 Å². The van der Waals surface area contributed by atoms with Gasteiger partial charge in [0, 0.05) is 11.6 Å². The van der Waals surface area contributed by atoms with Crippen molar-refractivity contribution in [1.29, 1.82) is 0 Å². The highest BCUT2D eigenvalue weighted by Crippen LogP contribution is 2.54. The Morgan fingerprint density at radius 2 is 1.89 bits per heavy atom. The predicted octanol–water partition coefficient (Wildman–Crippen LogP) is 2.51. The first kappa shape index (κ1) is 12.1. The van der Waals surface area contributed by atoms with Crippen molar-refractivity contribution in [2.24, 2.45) is 17.8 Å². The number of nitrogens with one attached hydrogen (secondary N) is 1. The molecule has 3 rings (SSSR count). The Bertz CT molecular complexity index is 548. The van der Waals surface area contributed by atoms with Gasteiger partial charge in [0.1, 0.15) is 5.82 Å². The van der Waals surface area contributed by atoms with Gasteiger partial charge >= 0.3 is 5.97 Å². The van der Waals surface area contributed by atoms with Crippen molar-refractivity contribution < 1.29 is 19.1 Å². The van der Waals surface area contributed by atoms with Gasteiger partial charge in [-0.1, -0.05) is 0 Å². The van der Waals surface area contributed by atoms with Crippen molar-refractivity contribution in [3.05, 3.63) is 29.6 Å². The van der Waals surface area contributed by atoms with Crippen LogP contribution in [0, 0.1) is 23.6 Å². The number of hydrogen-bond acceptors (Lipinski definition) is 2. The van der Waals surface area contributed by atoms with Crippen LogP contribution < -0.4 is 5.32 Å². The molecular weight excluding hydrogens is 249 g/mol. The third-order valence-corrected chi connectivity index (χ3v) is 4.08. The molecule has 100 valence electrons. The number of hydrogen-bond donors (Lipinski definition) is 2. The Morgan fingerprint density at radius 1 is 1.21 bits per heavy atom. The van der Waals surface area contributed by atoms with E-state index in [1.54, 1.807) is 0 Å². The minimum Gasteiger partial charge on any atom is -0.478 e. The lowest BCUT2D eigenvalue weighted by Crippen LogP contribution is -2.21. The van der Waals surface area contributed by atoms with Gasteiger partial charge in [-0.2, -0.15) is 0 Å². The molecule has 0 heterocycles. The Morgan fingerprint density at radius 3 is 2.53 bits per heavy atom. The first-order valence-electron chi connectivity index (χ1n) is 6.38. The molecule has 4 nitrogen and oxygen atoms in total. The van der Waals surface area contributed by atoms with Crippen LogP contribution in [0.4, 0.5) is 10.1 Å². The van der Waals surface area contributed by atoms with E-state index in [4.69, 9.17) is 5.11 Å². The number of carboxylic acids is 1. The number of benzene rings is 1. The summed E-state index contributed by atoms with van der Waals surface area (Å²) in [6, 6.07) is 3.60. The third-order valence-electron chi connectivity index (χ3n) is 4.08. The van der Waals surface area contributed by atoms with Gasteiger partial charge in [0.15, 0.2) is 0 Å². The molecule has 0 saturated heterocycles. The minimum atomic E-state index is -1.34. The van der Waals surface area contributed by atoms with E-state index in [2.05, 4.69) is 5.32 Å². The fraction of sp³-hybridized carbons (Fsp3) is 0.429. The topological polar surface area (TPSA) is 66.4 Å². The summed E-state index contributed by atoms with van der Waals surface area (Å²) in [7, 11) is 0. The first-order valence-corrected chi connectivity index (χ1v) is 6.38. The monoisotopic (exact) mass is 263 g/mol. The molecule has 0 radical (unpaired) electrons. The van der Waals surface area contributed by atoms with Crippen LogP contribution in [-0.2, 0) is 4.79 Å². The first-order chi connectivity index (χ1) is 9.04. The lowest BCUT2D eigenvalue weighted by Gasteiger charge is -2.12. The van der Waals surface area contributed by atoms with Crippen molar-refractivity contribution >= 4 is 17.6 Å². The standard InChI is InChI=1S/C14H14FNO3/c15-12-2-1-10(6-11(12)14(18)19)16-13(17)9-4-7-3-8(7)5-9/h1-2,6-9H,3-5H2,(H,16,17)(H,18,19). The van der Waals surface area contributed by atoms with Crippen molar-refractivity contribution in [2.75, 3.05) is 5.32 Å². The van der Waals surface area contributed by atoms with E-state index in [-0.39, 0.29) is 11.8 Å². The number of fused-ring (bicyclic) bond motifs is 1. The molecule has 0 aromatic heterocycles. The third kappa shape index (κ3) is 2.32. The van der Waals surface area contributed by atoms with E-state index in [1.165, 1.54) is 12.5 Å². The molecule has 1 aromatic carbocycles. The van der Waals surface area contributed by atoms with E-state index in [0.717, 1.165) is 25.0 Å². The van der Waals surface area contributed by atoms with Crippen LogP contribution in [0.25, 0.3) is 0 Å². The summed E-state index contributed by atoms with van der Waals surface area (Å²) in [6.07, 6.45) is 3.08. The number of halogens is 1. The summed E-state index contributed by atoms with van der Waals surface area (Å²) in [5.74, 6) is -0.794. The van der Waals surface area contributed by atoms with Gasteiger partial charge < -0.3 is 10.4 Å². The van der Waals surface area contributed by atoms with Crippen LogP contribution in [-0.4, -0.2) is 17.0 Å². The molecule has 1 aromatic rings. The van der Waals surface area contributed by atoms with Crippen molar-refractivity contribution in [2.45, 2.75) is 19.3 Å². The SMILES string of the molecule is O=C(O)c1cc(NC(=O)C2CC3CC3C2)ccc1F. The molecule has 5 heteroatoms. The number of aromatic carboxylic acids is 1. The van der Waals surface area contributed by atoms with E-state index in [1.807, 2.05) is 0 Å². The second kappa shape index (κ2) is 4.33. The average molecular weight is 263 g/mol. The fourth-order valence-electron chi connectivity index (χ4n) is 2.94. The van der Waals surface area contributed by atoms with Gasteiger partial charge in [0.05, 0.1) is 5.56 Å². The fourth-order valence-corrected chi connectivity index (χ4v) is 2.94. The molecule has 0 spiro atoms. The van der Waals surface area contributed by atoms with Crippen LogP contribution in [0.1, 0.15) is 29.6 Å². The number of carboxylic acid groups (broad SMARTS) is 1. The molecule has 1 amide bonds. The Kier molecular flexibility index (Phi) is 2.77. The van der Waals surface area contributed by atoms with Gasteiger partial charge in [-0.05, 0) is 49.3 Å². The summed E-state index contributed by atoms with van der Waals surface area (Å²) in [4.78, 5) is 22.8. The summed E-state index contributed by atoms with van der Waals surface area (Å²) in [6.45, 7) is 0. The molecule has 2 unspecified atom stereocenters. The van der Waals surface area contributed by atoms with Crippen LogP contribution in [0.3, 0.4) is 0 Å². The van der Waals surface area contributed by atoms with Gasteiger partial charge in [-0.25, -0.2) is 9.18 Å². The molecule has 2 aliphatic carbocycles. The van der Waals surface area contributed by atoms with Gasteiger partial charge in [-0.15, -0.1) is 0 Å². The summed E-state index contributed by atoms with van der Waals surface area (Å²) in [5, 5.41) is 11.5. The number of carbonyl (C=O) groups excluding carboxylic acids is 1. The maximum Gasteiger partial charge on any atom is 0.338 e. The summed E-state index contributed by atoms with van der Waals surface area (Å²) in [5.41, 5.74) is -0.0866. The molecule has 2 fully saturated rings. The summed E-state index contributed by atoms with van der Waals surface area (Å²) >= 11 is 0. The molecule has 19 heavy (non-hydrogen) atoms. The zero-order valence-corrected chi connectivity index (χ0v) is 10.2. The summed E-state index contributed by atoms with van der Waals surface area (Å²) < 4.78 is 13.2. The smallest absolute Gasteiger partial charge is 0.338 e. The maximum atomic E-state index is 13.2. The van der Waals surface area contributed by atoms with Crippen molar-refractivity contribution in [3.8, 4) is 0 Å². The van der Waals surface area contributed by atoms with Crippen molar-refractivity contribution in [3.63, 3.8) is 0 Å². The molecule has 0 aliphatic heterocycles. The highest BCUT2D eigenvalue weighted by atomic mass is 19.1. The molecule has 2 saturated carbocycles. The maximum absolute atomic E-state index is 13.2. The second-order valence-electron chi connectivity index (χ2n) is 5.41. The Labute approximate surface area is 109 Å². The zero-order chi connectivity index (χ0) is 13.6. The molecular formula is C14H14FNO3. The number of anilines is 1. The quantitative estimate of drug-likeness (QED) is 0.880. The van der Waals surface area contributed by atoms with Crippen LogP contribution in [0.15, 0.2) is 18.2 Å². The predicted molar refractivity (Wildman–Crippen MR) is 66.3 cm³/mol. The average Bonchev–Trinajstić information content (AvgIpc) is 2.98. The highest BCUT2D eigenvalue weighted by molar-refractivity contribution is 5.95. The van der Waals surface area contributed by atoms with E-state index in [9.17, 15) is 14.0 Å². The van der Waals surface area contributed by atoms with E-state index >= 15 is 0 Å². The Hall–Kier alpha value is -1.91. The molecule has 2 atom stereocenters. The van der Waals surface area contributed by atoms with Crippen LogP contribution in [0.2, 0.25) is 0 Å². The number of carbonyl (C=O) groups is 2. The van der Waals surface area contributed by atoms with Gasteiger partial charge in [0.25, 0.3) is 0 Å². The second-order valence-corrected chi connectivity index (χ2v) is 5.41.